The summed E-state index contributed by atoms with van der Waals surface area (Å²) in [4.78, 5) is 16.4. The fourth-order valence-electron chi connectivity index (χ4n) is 2.93. The van der Waals surface area contributed by atoms with E-state index in [1.807, 2.05) is 25.1 Å². The van der Waals surface area contributed by atoms with Crippen molar-refractivity contribution in [1.82, 2.24) is 4.90 Å². The molecule has 1 aliphatic heterocycles. The van der Waals surface area contributed by atoms with Crippen molar-refractivity contribution >= 4 is 11.6 Å². The number of anilines is 1. The number of aryl methyl sites for hydroxylation is 1. The number of hydrogen-bond acceptors (Lipinski definition) is 4. The highest BCUT2D eigenvalue weighted by molar-refractivity contribution is 5.92. The Balaban J connectivity index is 1.71. The summed E-state index contributed by atoms with van der Waals surface area (Å²) in [5, 5.41) is 0. The largest absolute Gasteiger partial charge is 0.485 e. The molecule has 1 aromatic carbocycles. The summed E-state index contributed by atoms with van der Waals surface area (Å²) in [6.07, 6.45) is 1.48. The Bertz CT molecular complexity index is 695. The molecule has 0 spiro atoms. The number of rotatable bonds is 4. The van der Waals surface area contributed by atoms with E-state index >= 15 is 0 Å². The summed E-state index contributed by atoms with van der Waals surface area (Å²) in [7, 11) is 1.78. The first-order valence-corrected chi connectivity index (χ1v) is 7.90. The van der Waals surface area contributed by atoms with Crippen LogP contribution in [0.5, 0.6) is 5.75 Å². The molecule has 23 heavy (non-hydrogen) atoms. The minimum absolute atomic E-state index is 0.0610. The topological polar surface area (TPSA) is 45.9 Å². The zero-order chi connectivity index (χ0) is 16.4. The number of benzene rings is 1. The lowest BCUT2D eigenvalue weighted by molar-refractivity contribution is 0.0678. The van der Waals surface area contributed by atoms with Crippen LogP contribution in [0.2, 0.25) is 0 Å². The van der Waals surface area contributed by atoms with Crippen molar-refractivity contribution in [2.45, 2.75) is 20.0 Å². The summed E-state index contributed by atoms with van der Waals surface area (Å²) >= 11 is 0. The van der Waals surface area contributed by atoms with Crippen molar-refractivity contribution in [3.63, 3.8) is 0 Å². The van der Waals surface area contributed by atoms with E-state index in [-0.39, 0.29) is 12.0 Å². The van der Waals surface area contributed by atoms with Crippen molar-refractivity contribution < 1.29 is 13.9 Å². The van der Waals surface area contributed by atoms with Crippen LogP contribution in [0.15, 0.2) is 41.0 Å². The second-order valence-corrected chi connectivity index (χ2v) is 5.86. The first kappa shape index (κ1) is 15.5. The average molecular weight is 314 g/mol. The summed E-state index contributed by atoms with van der Waals surface area (Å²) in [5.41, 5.74) is 1.97. The van der Waals surface area contributed by atoms with Gasteiger partial charge < -0.3 is 19.0 Å². The second-order valence-electron chi connectivity index (χ2n) is 5.86. The number of carbonyl (C=O) groups excluding carboxylic acids is 1. The van der Waals surface area contributed by atoms with E-state index in [9.17, 15) is 4.79 Å². The summed E-state index contributed by atoms with van der Waals surface area (Å²) in [6, 6.07) is 9.82. The number of likely N-dealkylation sites (N-methyl/N-ethyl adjacent to an activating group) is 2. The summed E-state index contributed by atoms with van der Waals surface area (Å²) in [5.74, 6) is 1.16. The molecule has 0 aliphatic carbocycles. The number of furan rings is 1. The van der Waals surface area contributed by atoms with Gasteiger partial charge in [0.25, 0.3) is 5.91 Å². The van der Waals surface area contributed by atoms with Gasteiger partial charge in [-0.2, -0.15) is 0 Å². The zero-order valence-corrected chi connectivity index (χ0v) is 13.8. The fourth-order valence-corrected chi connectivity index (χ4v) is 2.93. The number of para-hydroxylation sites is 2. The Kier molecular flexibility index (Phi) is 4.28. The van der Waals surface area contributed by atoms with Crippen LogP contribution in [0.25, 0.3) is 0 Å². The van der Waals surface area contributed by atoms with Gasteiger partial charge >= 0.3 is 0 Å². The molecule has 5 nitrogen and oxygen atoms in total. The lowest BCUT2D eigenvalue weighted by atomic mass is 10.1. The van der Waals surface area contributed by atoms with Gasteiger partial charge in [-0.25, -0.2) is 0 Å². The third-order valence-corrected chi connectivity index (χ3v) is 4.19. The third-order valence-electron chi connectivity index (χ3n) is 4.19. The van der Waals surface area contributed by atoms with Crippen molar-refractivity contribution in [2.24, 2.45) is 0 Å². The van der Waals surface area contributed by atoms with Gasteiger partial charge in [0.05, 0.1) is 25.0 Å². The van der Waals surface area contributed by atoms with Gasteiger partial charge in [0.15, 0.2) is 5.76 Å². The van der Waals surface area contributed by atoms with Gasteiger partial charge in [-0.1, -0.05) is 12.1 Å². The van der Waals surface area contributed by atoms with E-state index < -0.39 is 0 Å². The van der Waals surface area contributed by atoms with Crippen LogP contribution >= 0.6 is 0 Å². The molecule has 1 amide bonds. The van der Waals surface area contributed by atoms with Crippen LogP contribution in [0, 0.1) is 6.92 Å². The van der Waals surface area contributed by atoms with Gasteiger partial charge in [-0.3, -0.25) is 4.79 Å². The van der Waals surface area contributed by atoms with Crippen molar-refractivity contribution in [2.75, 3.05) is 31.6 Å². The molecule has 2 heterocycles. The molecule has 0 unspecified atom stereocenters. The highest BCUT2D eigenvalue weighted by atomic mass is 16.5. The lowest BCUT2D eigenvalue weighted by Gasteiger charge is -2.37. The maximum Gasteiger partial charge on any atom is 0.289 e. The lowest BCUT2D eigenvalue weighted by Crippen LogP contribution is -2.46. The van der Waals surface area contributed by atoms with E-state index in [1.54, 1.807) is 24.3 Å². The van der Waals surface area contributed by atoms with E-state index in [0.717, 1.165) is 30.1 Å². The zero-order valence-electron chi connectivity index (χ0n) is 13.8. The molecule has 5 heteroatoms. The molecule has 3 rings (SSSR count). The number of amides is 1. The maximum absolute atomic E-state index is 12.5. The van der Waals surface area contributed by atoms with Crippen molar-refractivity contribution in [1.29, 1.82) is 0 Å². The monoisotopic (exact) mass is 314 g/mol. The first-order valence-electron chi connectivity index (χ1n) is 7.90. The molecule has 122 valence electrons. The quantitative estimate of drug-likeness (QED) is 0.870. The van der Waals surface area contributed by atoms with E-state index in [1.165, 1.54) is 0 Å². The van der Waals surface area contributed by atoms with Crippen LogP contribution < -0.4 is 9.64 Å². The minimum atomic E-state index is -0.113. The fraction of sp³-hybridized carbons (Fsp3) is 0.389. The maximum atomic E-state index is 12.5. The van der Waals surface area contributed by atoms with E-state index in [2.05, 4.69) is 17.9 Å². The summed E-state index contributed by atoms with van der Waals surface area (Å²) in [6.45, 7) is 6.19. The predicted molar refractivity (Wildman–Crippen MR) is 89.2 cm³/mol. The van der Waals surface area contributed by atoms with Crippen molar-refractivity contribution in [3.8, 4) is 5.75 Å². The van der Waals surface area contributed by atoms with E-state index in [4.69, 9.17) is 9.15 Å². The molecule has 1 aromatic heterocycles. The number of nitrogens with zero attached hydrogens (tertiary/aromatic N) is 2. The van der Waals surface area contributed by atoms with Crippen LogP contribution in [0.1, 0.15) is 23.0 Å². The number of hydrogen-bond donors (Lipinski definition) is 0. The van der Waals surface area contributed by atoms with Gasteiger partial charge in [0, 0.05) is 19.2 Å². The second kappa shape index (κ2) is 6.36. The van der Waals surface area contributed by atoms with Crippen molar-refractivity contribution in [3.05, 3.63) is 47.9 Å². The molecule has 2 aromatic rings. The molecule has 0 N–H and O–H groups in total. The first-order chi connectivity index (χ1) is 11.1. The normalized spacial score (nSPS) is 16.7. The molecule has 0 radical (unpaired) electrons. The Morgan fingerprint density at radius 2 is 2.13 bits per heavy atom. The van der Waals surface area contributed by atoms with Gasteiger partial charge in [-0.15, -0.1) is 0 Å². The molecule has 0 saturated heterocycles. The minimum Gasteiger partial charge on any atom is -0.485 e. The van der Waals surface area contributed by atoms with Crippen LogP contribution in [0.3, 0.4) is 0 Å². The van der Waals surface area contributed by atoms with Gasteiger partial charge in [-0.05, 0) is 32.0 Å². The molecular formula is C18H22N2O3. The Morgan fingerprint density at radius 3 is 2.83 bits per heavy atom. The smallest absolute Gasteiger partial charge is 0.289 e. The molecule has 0 fully saturated rings. The average Bonchev–Trinajstić information content (AvgIpc) is 2.99. The van der Waals surface area contributed by atoms with Crippen LogP contribution in [-0.2, 0) is 0 Å². The van der Waals surface area contributed by atoms with Gasteiger partial charge in [0.1, 0.15) is 11.9 Å². The highest BCUT2D eigenvalue weighted by Crippen LogP contribution is 2.32. The number of carbonyl (C=O) groups is 1. The van der Waals surface area contributed by atoms with Gasteiger partial charge in [0.2, 0.25) is 0 Å². The molecular weight excluding hydrogens is 292 g/mol. The van der Waals surface area contributed by atoms with Crippen LogP contribution in [-0.4, -0.2) is 43.6 Å². The number of fused-ring (bicyclic) bond motifs is 1. The van der Waals surface area contributed by atoms with Crippen LogP contribution in [0.4, 0.5) is 5.69 Å². The Labute approximate surface area is 136 Å². The molecule has 0 bridgehead atoms. The SMILES string of the molecule is CCN1C[C@@H](CN(C)C(=O)c2occc2C)Oc2ccccc21. The molecule has 1 aliphatic rings. The Morgan fingerprint density at radius 1 is 1.35 bits per heavy atom. The molecule has 1 atom stereocenters. The predicted octanol–water partition coefficient (Wildman–Crippen LogP) is 2.95. The number of ether oxygens (including phenoxy) is 1. The highest BCUT2D eigenvalue weighted by Gasteiger charge is 2.27. The molecule has 0 saturated carbocycles. The Hall–Kier alpha value is -2.43. The standard InChI is InChI=1S/C18H22N2O3/c1-4-20-12-14(23-16-8-6-5-7-15(16)20)11-19(3)18(21)17-13(2)9-10-22-17/h5-10,14H,4,11-12H2,1-3H3/t14-/m1/s1. The third kappa shape index (κ3) is 3.04. The summed E-state index contributed by atoms with van der Waals surface area (Å²) < 4.78 is 11.4. The van der Waals surface area contributed by atoms with E-state index in [0.29, 0.717) is 12.3 Å².